The van der Waals surface area contributed by atoms with E-state index in [1.54, 1.807) is 6.07 Å². The second-order valence-electron chi connectivity index (χ2n) is 6.17. The van der Waals surface area contributed by atoms with E-state index >= 15 is 0 Å². The first-order chi connectivity index (χ1) is 13.0. The molecule has 0 aliphatic heterocycles. The number of carbonyl (C=O) groups is 2. The molecule has 0 bridgehead atoms. The van der Waals surface area contributed by atoms with Crippen molar-refractivity contribution in [2.24, 2.45) is 11.5 Å². The van der Waals surface area contributed by atoms with Gasteiger partial charge in [0.05, 0.1) is 11.0 Å². The van der Waals surface area contributed by atoms with Crippen molar-refractivity contribution in [1.29, 1.82) is 0 Å². The number of carbonyl (C=O) groups excluding carboxylic acids is 2. The fourth-order valence-corrected chi connectivity index (χ4v) is 3.05. The summed E-state index contributed by atoms with van der Waals surface area (Å²) in [5.74, 6) is -0.377. The molecule has 1 heterocycles. The van der Waals surface area contributed by atoms with Crippen molar-refractivity contribution in [2.45, 2.75) is 0 Å². The molecule has 0 fully saturated rings. The van der Waals surface area contributed by atoms with Crippen LogP contribution in [-0.2, 0) is 0 Å². The monoisotopic (exact) mass is 356 g/mol. The van der Waals surface area contributed by atoms with Gasteiger partial charge < -0.3 is 16.5 Å². The largest absolute Gasteiger partial charge is 0.366 e. The Morgan fingerprint density at radius 3 is 2.19 bits per heavy atom. The van der Waals surface area contributed by atoms with E-state index < -0.39 is 11.8 Å². The average Bonchev–Trinajstić information content (AvgIpc) is 3.11. The van der Waals surface area contributed by atoms with Crippen molar-refractivity contribution < 1.29 is 9.59 Å². The molecule has 0 saturated carbocycles. The molecular weight excluding hydrogens is 340 g/mol. The predicted molar refractivity (Wildman–Crippen MR) is 104 cm³/mol. The number of aromatic nitrogens is 2. The number of H-pyrrole nitrogens is 1. The standard InChI is InChI=1S/C21H16N4O2/c22-19(26)14-9-10-15(20(23)27)16(11-14)12-5-7-13(8-6-12)21-24-17-3-1-2-4-18(17)25-21/h1-11H,(H2,22,26)(H2,23,27)(H,24,25). The molecule has 3 aromatic carbocycles. The SMILES string of the molecule is NC(=O)c1ccc(C(N)=O)c(-c2ccc(-c3nc4ccccc4[nH]3)cc2)c1. The predicted octanol–water partition coefficient (Wildman–Crippen LogP) is 3.09. The molecule has 27 heavy (non-hydrogen) atoms. The third-order valence-corrected chi connectivity index (χ3v) is 4.43. The number of nitrogens with one attached hydrogen (secondary N) is 1. The van der Waals surface area contributed by atoms with Gasteiger partial charge in [-0.1, -0.05) is 36.4 Å². The Morgan fingerprint density at radius 1 is 0.815 bits per heavy atom. The van der Waals surface area contributed by atoms with Gasteiger partial charge in [-0.2, -0.15) is 0 Å². The quantitative estimate of drug-likeness (QED) is 0.522. The number of aromatic amines is 1. The van der Waals surface area contributed by atoms with Gasteiger partial charge in [-0.3, -0.25) is 9.59 Å². The highest BCUT2D eigenvalue weighted by molar-refractivity contribution is 6.02. The highest BCUT2D eigenvalue weighted by Crippen LogP contribution is 2.28. The maximum atomic E-state index is 11.8. The molecular formula is C21H16N4O2. The molecule has 2 amide bonds. The van der Waals surface area contributed by atoms with E-state index in [0.29, 0.717) is 16.7 Å². The van der Waals surface area contributed by atoms with Crippen molar-refractivity contribution in [1.82, 2.24) is 9.97 Å². The van der Waals surface area contributed by atoms with Gasteiger partial charge in [-0.05, 0) is 41.5 Å². The zero-order chi connectivity index (χ0) is 19.0. The van der Waals surface area contributed by atoms with Gasteiger partial charge in [-0.25, -0.2) is 4.98 Å². The molecule has 0 radical (unpaired) electrons. The van der Waals surface area contributed by atoms with E-state index in [4.69, 9.17) is 11.5 Å². The summed E-state index contributed by atoms with van der Waals surface area (Å²) in [5.41, 5.74) is 15.6. The molecule has 5 N–H and O–H groups in total. The highest BCUT2D eigenvalue weighted by Gasteiger charge is 2.13. The van der Waals surface area contributed by atoms with Crippen LogP contribution >= 0.6 is 0 Å². The number of rotatable bonds is 4. The molecule has 6 nitrogen and oxygen atoms in total. The van der Waals surface area contributed by atoms with Crippen molar-refractivity contribution in [3.8, 4) is 22.5 Å². The molecule has 0 atom stereocenters. The van der Waals surface area contributed by atoms with Crippen LogP contribution in [0.15, 0.2) is 66.7 Å². The Morgan fingerprint density at radius 2 is 1.52 bits per heavy atom. The summed E-state index contributed by atoms with van der Waals surface area (Å²) in [7, 11) is 0. The summed E-state index contributed by atoms with van der Waals surface area (Å²) in [6, 6.07) is 19.9. The van der Waals surface area contributed by atoms with Crippen LogP contribution in [0.25, 0.3) is 33.5 Å². The van der Waals surface area contributed by atoms with Gasteiger partial charge >= 0.3 is 0 Å². The molecule has 0 spiro atoms. The Labute approximate surface area is 154 Å². The Bertz CT molecular complexity index is 1140. The molecule has 132 valence electrons. The number of nitrogens with zero attached hydrogens (tertiary/aromatic N) is 1. The Balaban J connectivity index is 1.77. The Kier molecular flexibility index (Phi) is 3.93. The maximum absolute atomic E-state index is 11.8. The summed E-state index contributed by atoms with van der Waals surface area (Å²) >= 11 is 0. The van der Waals surface area contributed by atoms with Gasteiger partial charge in [0, 0.05) is 16.7 Å². The second-order valence-corrected chi connectivity index (χ2v) is 6.17. The van der Waals surface area contributed by atoms with E-state index in [9.17, 15) is 9.59 Å². The number of para-hydroxylation sites is 2. The number of imidazole rings is 1. The number of hydrogen-bond acceptors (Lipinski definition) is 3. The molecule has 0 unspecified atom stereocenters. The third-order valence-electron chi connectivity index (χ3n) is 4.43. The van der Waals surface area contributed by atoms with Crippen LogP contribution in [0.2, 0.25) is 0 Å². The lowest BCUT2D eigenvalue weighted by atomic mass is 9.96. The fraction of sp³-hybridized carbons (Fsp3) is 0. The van der Waals surface area contributed by atoms with Crippen LogP contribution in [0, 0.1) is 0 Å². The number of primary amides is 2. The van der Waals surface area contributed by atoms with Gasteiger partial charge in [0.2, 0.25) is 11.8 Å². The number of hydrogen-bond donors (Lipinski definition) is 3. The Hall–Kier alpha value is -3.93. The number of fused-ring (bicyclic) bond motifs is 1. The summed E-state index contributed by atoms with van der Waals surface area (Å²) < 4.78 is 0. The lowest BCUT2D eigenvalue weighted by Gasteiger charge is -2.09. The third kappa shape index (κ3) is 3.04. The molecule has 0 saturated heterocycles. The molecule has 4 rings (SSSR count). The van der Waals surface area contributed by atoms with Crippen LogP contribution in [-0.4, -0.2) is 21.8 Å². The maximum Gasteiger partial charge on any atom is 0.249 e. The van der Waals surface area contributed by atoms with E-state index in [1.807, 2.05) is 48.5 Å². The highest BCUT2D eigenvalue weighted by atomic mass is 16.1. The van der Waals surface area contributed by atoms with Crippen molar-refractivity contribution in [3.63, 3.8) is 0 Å². The van der Waals surface area contributed by atoms with Gasteiger partial charge in [0.25, 0.3) is 0 Å². The van der Waals surface area contributed by atoms with Crippen LogP contribution in [0.5, 0.6) is 0 Å². The van der Waals surface area contributed by atoms with Crippen molar-refractivity contribution in [3.05, 3.63) is 77.9 Å². The lowest BCUT2D eigenvalue weighted by Crippen LogP contribution is -2.15. The molecule has 4 aromatic rings. The molecule has 0 aliphatic rings. The van der Waals surface area contributed by atoms with Crippen molar-refractivity contribution in [2.75, 3.05) is 0 Å². The lowest BCUT2D eigenvalue weighted by molar-refractivity contribution is 0.0989. The van der Waals surface area contributed by atoms with E-state index in [1.165, 1.54) is 12.1 Å². The normalized spacial score (nSPS) is 10.8. The zero-order valence-electron chi connectivity index (χ0n) is 14.3. The number of nitrogens with two attached hydrogens (primary N) is 2. The molecule has 6 heteroatoms. The number of benzene rings is 3. The topological polar surface area (TPSA) is 115 Å². The minimum atomic E-state index is -0.567. The first kappa shape index (κ1) is 16.5. The summed E-state index contributed by atoms with van der Waals surface area (Å²) in [4.78, 5) is 31.1. The fourth-order valence-electron chi connectivity index (χ4n) is 3.05. The molecule has 1 aromatic heterocycles. The summed E-state index contributed by atoms with van der Waals surface area (Å²) in [6.07, 6.45) is 0. The second kappa shape index (κ2) is 6.42. The summed E-state index contributed by atoms with van der Waals surface area (Å²) in [6.45, 7) is 0. The van der Waals surface area contributed by atoms with Crippen LogP contribution in [0.1, 0.15) is 20.7 Å². The average molecular weight is 356 g/mol. The van der Waals surface area contributed by atoms with Gasteiger partial charge in [0.15, 0.2) is 0 Å². The smallest absolute Gasteiger partial charge is 0.249 e. The zero-order valence-corrected chi connectivity index (χ0v) is 14.3. The van der Waals surface area contributed by atoms with E-state index in [2.05, 4.69) is 9.97 Å². The first-order valence-electron chi connectivity index (χ1n) is 8.32. The minimum Gasteiger partial charge on any atom is -0.366 e. The van der Waals surface area contributed by atoms with E-state index in [-0.39, 0.29) is 0 Å². The van der Waals surface area contributed by atoms with Crippen molar-refractivity contribution >= 4 is 22.8 Å². The molecule has 0 aliphatic carbocycles. The van der Waals surface area contributed by atoms with Crippen LogP contribution in [0.4, 0.5) is 0 Å². The number of amides is 2. The first-order valence-corrected chi connectivity index (χ1v) is 8.32. The van der Waals surface area contributed by atoms with E-state index in [0.717, 1.165) is 28.0 Å². The van der Waals surface area contributed by atoms with Gasteiger partial charge in [0.1, 0.15) is 5.82 Å². The minimum absolute atomic E-state index is 0.316. The summed E-state index contributed by atoms with van der Waals surface area (Å²) in [5, 5.41) is 0. The van der Waals surface area contributed by atoms with Gasteiger partial charge in [-0.15, -0.1) is 0 Å². The van der Waals surface area contributed by atoms with Crippen LogP contribution in [0.3, 0.4) is 0 Å². The van der Waals surface area contributed by atoms with Crippen LogP contribution < -0.4 is 11.5 Å².